The molecule has 3 fully saturated rings. The van der Waals surface area contributed by atoms with Crippen LogP contribution in [-0.2, 0) is 6.54 Å². The number of rotatable bonds is 2. The molecule has 0 saturated carbocycles. The van der Waals surface area contributed by atoms with E-state index in [-0.39, 0.29) is 7.43 Å². The van der Waals surface area contributed by atoms with Gasteiger partial charge in [-0.25, -0.2) is 0 Å². The summed E-state index contributed by atoms with van der Waals surface area (Å²) < 4.78 is 1.33. The summed E-state index contributed by atoms with van der Waals surface area (Å²) in [5, 5.41) is 0. The molecule has 4 rings (SSSR count). The molecular formula is C14H23N2+. The second-order valence-corrected chi connectivity index (χ2v) is 5.00. The minimum Gasteiger partial charge on any atom is -0.317 e. The zero-order valence-electron chi connectivity index (χ0n) is 9.23. The second-order valence-electron chi connectivity index (χ2n) is 5.00. The van der Waals surface area contributed by atoms with Crippen molar-refractivity contribution in [2.75, 3.05) is 39.3 Å². The first-order valence-corrected chi connectivity index (χ1v) is 5.98. The van der Waals surface area contributed by atoms with E-state index in [9.17, 15) is 0 Å². The maximum atomic E-state index is 2.60. The van der Waals surface area contributed by atoms with E-state index < -0.39 is 0 Å². The van der Waals surface area contributed by atoms with Crippen LogP contribution in [0.3, 0.4) is 0 Å². The molecule has 1 aromatic carbocycles. The van der Waals surface area contributed by atoms with E-state index in [2.05, 4.69) is 35.2 Å². The van der Waals surface area contributed by atoms with Crippen LogP contribution in [0.2, 0.25) is 0 Å². The van der Waals surface area contributed by atoms with Gasteiger partial charge in [-0.15, -0.1) is 0 Å². The molecule has 0 atom stereocenters. The number of benzene rings is 1. The maximum Gasteiger partial charge on any atom is 0.104 e. The van der Waals surface area contributed by atoms with Gasteiger partial charge in [0, 0.05) is 25.2 Å². The van der Waals surface area contributed by atoms with Crippen LogP contribution in [0.5, 0.6) is 0 Å². The van der Waals surface area contributed by atoms with Crippen LogP contribution in [0.1, 0.15) is 13.0 Å². The third-order valence-electron chi connectivity index (χ3n) is 4.03. The Morgan fingerprint density at radius 3 is 2.06 bits per heavy atom. The van der Waals surface area contributed by atoms with Crippen molar-refractivity contribution in [3.63, 3.8) is 0 Å². The average Bonchev–Trinajstić information content (AvgIpc) is 2.32. The summed E-state index contributed by atoms with van der Waals surface area (Å²) in [4.78, 5) is 2.60. The minimum atomic E-state index is 0. The Kier molecular flexibility index (Phi) is 3.31. The van der Waals surface area contributed by atoms with E-state index in [1.54, 1.807) is 0 Å². The zero-order valence-corrected chi connectivity index (χ0v) is 9.23. The fraction of sp³-hybridized carbons (Fsp3) is 0.571. The van der Waals surface area contributed by atoms with E-state index in [0.717, 1.165) is 0 Å². The van der Waals surface area contributed by atoms with Crippen molar-refractivity contribution in [3.05, 3.63) is 35.9 Å². The third-order valence-corrected chi connectivity index (χ3v) is 4.03. The Morgan fingerprint density at radius 1 is 0.938 bits per heavy atom. The highest BCUT2D eigenvalue weighted by atomic mass is 15.4. The SMILES string of the molecule is C.c1ccc(C[N+]23CCN(CC2)CC3)cc1. The molecule has 0 aliphatic carbocycles. The number of quaternary nitrogens is 1. The summed E-state index contributed by atoms with van der Waals surface area (Å²) >= 11 is 0. The van der Waals surface area contributed by atoms with Crippen molar-refractivity contribution in [2.24, 2.45) is 0 Å². The molecule has 3 heterocycles. The van der Waals surface area contributed by atoms with Gasteiger partial charge >= 0.3 is 0 Å². The van der Waals surface area contributed by atoms with E-state index in [0.29, 0.717) is 0 Å². The molecule has 3 aliphatic heterocycles. The first-order valence-electron chi connectivity index (χ1n) is 5.98. The molecule has 0 N–H and O–H groups in total. The molecule has 3 aliphatic rings. The zero-order chi connectivity index (χ0) is 10.1. The smallest absolute Gasteiger partial charge is 0.104 e. The van der Waals surface area contributed by atoms with Crippen LogP contribution in [-0.4, -0.2) is 48.7 Å². The van der Waals surface area contributed by atoms with Crippen molar-refractivity contribution in [3.8, 4) is 0 Å². The highest BCUT2D eigenvalue weighted by Gasteiger charge is 2.38. The highest BCUT2D eigenvalue weighted by Crippen LogP contribution is 2.22. The molecule has 0 unspecified atom stereocenters. The van der Waals surface area contributed by atoms with Crippen molar-refractivity contribution in [2.45, 2.75) is 14.0 Å². The fourth-order valence-electron chi connectivity index (χ4n) is 2.94. The van der Waals surface area contributed by atoms with Crippen LogP contribution < -0.4 is 0 Å². The maximum absolute atomic E-state index is 2.60. The Morgan fingerprint density at radius 2 is 1.50 bits per heavy atom. The predicted molar refractivity (Wildman–Crippen MR) is 68.2 cm³/mol. The first kappa shape index (κ1) is 11.6. The largest absolute Gasteiger partial charge is 0.317 e. The van der Waals surface area contributed by atoms with Gasteiger partial charge in [0.2, 0.25) is 0 Å². The Labute approximate surface area is 99.1 Å². The molecule has 0 spiro atoms. The summed E-state index contributed by atoms with van der Waals surface area (Å²) in [5.41, 5.74) is 1.51. The van der Waals surface area contributed by atoms with Crippen molar-refractivity contribution < 1.29 is 4.48 Å². The molecular weight excluding hydrogens is 196 g/mol. The summed E-state index contributed by atoms with van der Waals surface area (Å²) in [5.74, 6) is 0. The Bertz CT molecular complexity index is 312. The monoisotopic (exact) mass is 219 g/mol. The first-order chi connectivity index (χ1) is 7.36. The molecule has 16 heavy (non-hydrogen) atoms. The standard InChI is InChI=1S/C13H19N2.CH4/c1-2-4-13(5-3-1)12-15-9-6-14(7-10-15)8-11-15;/h1-5H,6-12H2;1H4/q+1;. The highest BCUT2D eigenvalue weighted by molar-refractivity contribution is 5.13. The van der Waals surface area contributed by atoms with E-state index in [1.165, 1.54) is 55.9 Å². The van der Waals surface area contributed by atoms with Gasteiger partial charge in [-0.1, -0.05) is 37.8 Å². The van der Waals surface area contributed by atoms with Crippen LogP contribution in [0.4, 0.5) is 0 Å². The van der Waals surface area contributed by atoms with Gasteiger partial charge in [0.15, 0.2) is 0 Å². The average molecular weight is 219 g/mol. The summed E-state index contributed by atoms with van der Waals surface area (Å²) in [7, 11) is 0. The van der Waals surface area contributed by atoms with Gasteiger partial charge in [-0.05, 0) is 0 Å². The lowest BCUT2D eigenvalue weighted by molar-refractivity contribution is -0.953. The number of hydrogen-bond acceptors (Lipinski definition) is 1. The van der Waals surface area contributed by atoms with Crippen molar-refractivity contribution in [1.29, 1.82) is 0 Å². The molecule has 3 saturated heterocycles. The lowest BCUT2D eigenvalue weighted by Gasteiger charge is -2.50. The van der Waals surface area contributed by atoms with E-state index in [4.69, 9.17) is 0 Å². The molecule has 2 bridgehead atoms. The molecule has 0 aromatic heterocycles. The number of hydrogen-bond donors (Lipinski definition) is 0. The molecule has 0 radical (unpaired) electrons. The predicted octanol–water partition coefficient (Wildman–Crippen LogP) is 1.97. The van der Waals surface area contributed by atoms with Gasteiger partial charge in [-0.2, -0.15) is 0 Å². The molecule has 1 aromatic rings. The van der Waals surface area contributed by atoms with Gasteiger partial charge in [0.25, 0.3) is 0 Å². The summed E-state index contributed by atoms with van der Waals surface area (Å²) in [6, 6.07) is 11.0. The molecule has 88 valence electrons. The summed E-state index contributed by atoms with van der Waals surface area (Å²) in [6.45, 7) is 9.25. The van der Waals surface area contributed by atoms with Gasteiger partial charge in [0.05, 0.1) is 19.6 Å². The van der Waals surface area contributed by atoms with Crippen LogP contribution in [0, 0.1) is 0 Å². The lowest BCUT2D eigenvalue weighted by Crippen LogP contribution is -2.66. The van der Waals surface area contributed by atoms with Gasteiger partial charge in [0.1, 0.15) is 6.54 Å². The van der Waals surface area contributed by atoms with Crippen molar-refractivity contribution in [1.82, 2.24) is 4.90 Å². The summed E-state index contributed by atoms with van der Waals surface area (Å²) in [6.07, 6.45) is 0. The van der Waals surface area contributed by atoms with Gasteiger partial charge < -0.3 is 4.48 Å². The molecule has 0 amide bonds. The van der Waals surface area contributed by atoms with Crippen LogP contribution in [0.15, 0.2) is 30.3 Å². The van der Waals surface area contributed by atoms with E-state index in [1.807, 2.05) is 0 Å². The topological polar surface area (TPSA) is 3.24 Å². The normalized spacial score (nSPS) is 32.1. The Balaban J connectivity index is 0.000000963. The van der Waals surface area contributed by atoms with E-state index >= 15 is 0 Å². The van der Waals surface area contributed by atoms with Gasteiger partial charge in [-0.3, -0.25) is 4.90 Å². The lowest BCUT2D eigenvalue weighted by atomic mass is 10.1. The van der Waals surface area contributed by atoms with Crippen LogP contribution in [0.25, 0.3) is 0 Å². The minimum absolute atomic E-state index is 0. The number of piperazine rings is 3. The molecule has 2 heteroatoms. The van der Waals surface area contributed by atoms with Crippen molar-refractivity contribution >= 4 is 0 Å². The second kappa shape index (κ2) is 4.56. The molecule has 2 nitrogen and oxygen atoms in total. The quantitative estimate of drug-likeness (QED) is 0.687. The van der Waals surface area contributed by atoms with Crippen LogP contribution >= 0.6 is 0 Å². The fourth-order valence-corrected chi connectivity index (χ4v) is 2.94. The number of fused-ring (bicyclic) bond motifs is 3. The number of nitrogens with zero attached hydrogens (tertiary/aromatic N) is 2. The third kappa shape index (κ3) is 2.13. The Hall–Kier alpha value is -0.860.